The lowest BCUT2D eigenvalue weighted by molar-refractivity contribution is -0.117. The highest BCUT2D eigenvalue weighted by Crippen LogP contribution is 2.31. The van der Waals surface area contributed by atoms with Crippen molar-refractivity contribution in [3.63, 3.8) is 0 Å². The van der Waals surface area contributed by atoms with Gasteiger partial charge in [-0.1, -0.05) is 6.07 Å². The third kappa shape index (κ3) is 5.32. The molecule has 3 aromatic rings. The lowest BCUT2D eigenvalue weighted by Crippen LogP contribution is -2.35. The second-order valence-corrected chi connectivity index (χ2v) is 6.49. The molecule has 0 radical (unpaired) electrons. The molecular formula is C20H24Cl2N4O3. The molecule has 0 saturated carbocycles. The van der Waals surface area contributed by atoms with Gasteiger partial charge in [0.2, 0.25) is 5.91 Å². The van der Waals surface area contributed by atoms with Gasteiger partial charge in [0, 0.05) is 24.1 Å². The molecule has 1 aliphatic heterocycles. The van der Waals surface area contributed by atoms with Gasteiger partial charge in [0.15, 0.2) is 11.5 Å². The zero-order valence-corrected chi connectivity index (χ0v) is 17.6. The largest absolute Gasteiger partial charge is 0.493 e. The Kier molecular flexibility index (Phi) is 8.13. The first-order valence-corrected chi connectivity index (χ1v) is 9.00. The van der Waals surface area contributed by atoms with E-state index in [2.05, 4.69) is 15.6 Å². The van der Waals surface area contributed by atoms with Gasteiger partial charge >= 0.3 is 0 Å². The molecule has 1 amide bonds. The summed E-state index contributed by atoms with van der Waals surface area (Å²) in [6.45, 7) is 1.19. The highest BCUT2D eigenvalue weighted by atomic mass is 35.5. The maximum Gasteiger partial charge on any atom is 0.241 e. The molecule has 2 N–H and O–H groups in total. The van der Waals surface area contributed by atoms with E-state index in [0.29, 0.717) is 23.8 Å². The Morgan fingerprint density at radius 2 is 2.14 bits per heavy atom. The fraction of sp³-hybridized carbons (Fsp3) is 0.300. The van der Waals surface area contributed by atoms with E-state index in [1.165, 1.54) is 0 Å². The van der Waals surface area contributed by atoms with Gasteiger partial charge in [-0.15, -0.1) is 24.8 Å². The average Bonchev–Trinajstić information content (AvgIpc) is 3.36. The molecule has 1 fully saturated rings. The van der Waals surface area contributed by atoms with Crippen LogP contribution in [0.4, 0.5) is 5.69 Å². The minimum Gasteiger partial charge on any atom is -0.493 e. The van der Waals surface area contributed by atoms with E-state index >= 15 is 0 Å². The minimum absolute atomic E-state index is 0. The maximum absolute atomic E-state index is 12.3. The number of ether oxygens (including phenoxy) is 2. The minimum atomic E-state index is -0.130. The number of aromatic nitrogens is 2. The molecule has 29 heavy (non-hydrogen) atoms. The van der Waals surface area contributed by atoms with Crippen molar-refractivity contribution in [3.8, 4) is 11.5 Å². The van der Waals surface area contributed by atoms with E-state index in [9.17, 15) is 4.79 Å². The number of pyridine rings is 1. The van der Waals surface area contributed by atoms with Crippen LogP contribution in [-0.2, 0) is 11.4 Å². The number of methoxy groups -OCH3 is 1. The second-order valence-electron chi connectivity index (χ2n) is 6.49. The number of carbonyl (C=O) groups excluding carboxylic acids is 1. The van der Waals surface area contributed by atoms with Crippen molar-refractivity contribution in [3.05, 3.63) is 54.5 Å². The van der Waals surface area contributed by atoms with Gasteiger partial charge in [-0.2, -0.15) is 0 Å². The Bertz CT molecular complexity index is 925. The quantitative estimate of drug-likeness (QED) is 0.615. The first-order chi connectivity index (χ1) is 13.2. The molecule has 1 aliphatic rings. The summed E-state index contributed by atoms with van der Waals surface area (Å²) in [4.78, 5) is 16.8. The Morgan fingerprint density at radius 3 is 2.86 bits per heavy atom. The second kappa shape index (κ2) is 10.3. The van der Waals surface area contributed by atoms with Gasteiger partial charge in [-0.3, -0.25) is 4.79 Å². The number of halogens is 2. The van der Waals surface area contributed by atoms with Crippen LogP contribution in [-0.4, -0.2) is 35.0 Å². The van der Waals surface area contributed by atoms with Crippen molar-refractivity contribution in [2.24, 2.45) is 0 Å². The van der Waals surface area contributed by atoms with Crippen molar-refractivity contribution >= 4 is 42.1 Å². The number of anilines is 1. The predicted molar refractivity (Wildman–Crippen MR) is 117 cm³/mol. The molecule has 0 bridgehead atoms. The molecule has 4 rings (SSSR count). The predicted octanol–water partition coefficient (Wildman–Crippen LogP) is 3.46. The summed E-state index contributed by atoms with van der Waals surface area (Å²) in [5.41, 5.74) is 2.36. The van der Waals surface area contributed by atoms with Gasteiger partial charge in [-0.25, -0.2) is 4.98 Å². The van der Waals surface area contributed by atoms with Crippen LogP contribution < -0.4 is 20.1 Å². The number of benzene rings is 1. The number of fused-ring (bicyclic) bond motifs is 1. The van der Waals surface area contributed by atoms with Crippen LogP contribution in [0, 0.1) is 0 Å². The number of hydrogen-bond donors (Lipinski definition) is 2. The summed E-state index contributed by atoms with van der Waals surface area (Å²) in [6, 6.07) is 11.1. The van der Waals surface area contributed by atoms with Crippen LogP contribution in [0.25, 0.3) is 5.65 Å². The monoisotopic (exact) mass is 438 g/mol. The SMILES string of the molecule is COc1ccc(NC(=O)C2CCCN2)cc1OCc1cn2ccccc2n1.Cl.Cl. The topological polar surface area (TPSA) is 76.9 Å². The van der Waals surface area contributed by atoms with E-state index in [1.54, 1.807) is 19.2 Å². The van der Waals surface area contributed by atoms with Crippen molar-refractivity contribution in [1.29, 1.82) is 0 Å². The van der Waals surface area contributed by atoms with Crippen LogP contribution in [0.15, 0.2) is 48.8 Å². The molecule has 0 spiro atoms. The van der Waals surface area contributed by atoms with Crippen LogP contribution in [0.5, 0.6) is 11.5 Å². The number of imidazole rings is 1. The first kappa shape index (κ1) is 22.8. The number of amides is 1. The molecule has 3 heterocycles. The zero-order valence-electron chi connectivity index (χ0n) is 16.0. The average molecular weight is 439 g/mol. The van der Waals surface area contributed by atoms with E-state index in [4.69, 9.17) is 9.47 Å². The number of rotatable bonds is 6. The van der Waals surface area contributed by atoms with Crippen molar-refractivity contribution in [2.45, 2.75) is 25.5 Å². The van der Waals surface area contributed by atoms with Gasteiger partial charge in [0.1, 0.15) is 12.3 Å². The molecule has 9 heteroatoms. The van der Waals surface area contributed by atoms with E-state index in [0.717, 1.165) is 30.7 Å². The molecule has 2 aromatic heterocycles. The molecule has 7 nitrogen and oxygen atoms in total. The smallest absolute Gasteiger partial charge is 0.241 e. The molecule has 1 unspecified atom stereocenters. The van der Waals surface area contributed by atoms with Crippen LogP contribution >= 0.6 is 24.8 Å². The van der Waals surface area contributed by atoms with Gasteiger partial charge in [0.25, 0.3) is 0 Å². The van der Waals surface area contributed by atoms with Gasteiger partial charge < -0.3 is 24.5 Å². The van der Waals surface area contributed by atoms with Crippen LogP contribution in [0.2, 0.25) is 0 Å². The number of nitrogens with zero attached hydrogens (tertiary/aromatic N) is 2. The summed E-state index contributed by atoms with van der Waals surface area (Å²) in [5, 5.41) is 6.13. The van der Waals surface area contributed by atoms with Crippen LogP contribution in [0.3, 0.4) is 0 Å². The Labute approximate surface area is 181 Å². The normalized spacial score (nSPS) is 15.3. The Morgan fingerprint density at radius 1 is 1.28 bits per heavy atom. The molecule has 156 valence electrons. The highest BCUT2D eigenvalue weighted by molar-refractivity contribution is 5.95. The summed E-state index contributed by atoms with van der Waals surface area (Å²) >= 11 is 0. The van der Waals surface area contributed by atoms with Gasteiger partial charge in [-0.05, 0) is 43.7 Å². The number of hydrogen-bond acceptors (Lipinski definition) is 5. The number of nitrogens with one attached hydrogen (secondary N) is 2. The Hall–Kier alpha value is -2.48. The molecule has 1 atom stereocenters. The zero-order chi connectivity index (χ0) is 18.6. The summed E-state index contributed by atoms with van der Waals surface area (Å²) < 4.78 is 13.2. The number of carbonyl (C=O) groups is 1. The molecule has 0 aliphatic carbocycles. The summed E-state index contributed by atoms with van der Waals surface area (Å²) in [6.07, 6.45) is 5.76. The fourth-order valence-corrected chi connectivity index (χ4v) is 3.21. The molecular weight excluding hydrogens is 415 g/mol. The standard InChI is InChI=1S/C20H22N4O3.2ClH/c1-26-17-8-7-14(23-20(25)16-5-4-9-21-16)11-18(17)27-13-15-12-24-10-3-2-6-19(24)22-15;;/h2-3,6-8,10-12,16,21H,4-5,9,13H2,1H3,(H,23,25);2*1H. The van der Waals surface area contributed by atoms with E-state index in [1.807, 2.05) is 41.1 Å². The highest BCUT2D eigenvalue weighted by Gasteiger charge is 2.22. The lowest BCUT2D eigenvalue weighted by atomic mass is 10.2. The van der Waals surface area contributed by atoms with Gasteiger partial charge in [0.05, 0.1) is 18.8 Å². The summed E-state index contributed by atoms with van der Waals surface area (Å²) in [5.74, 6) is 1.14. The maximum atomic E-state index is 12.3. The van der Waals surface area contributed by atoms with Crippen molar-refractivity contribution < 1.29 is 14.3 Å². The summed E-state index contributed by atoms with van der Waals surface area (Å²) in [7, 11) is 1.59. The third-order valence-corrected chi connectivity index (χ3v) is 4.60. The van der Waals surface area contributed by atoms with Crippen molar-refractivity contribution in [1.82, 2.24) is 14.7 Å². The fourth-order valence-electron chi connectivity index (χ4n) is 3.21. The molecule has 1 aromatic carbocycles. The van der Waals surface area contributed by atoms with E-state index in [-0.39, 0.29) is 36.8 Å². The Balaban J connectivity index is 0.00000150. The third-order valence-electron chi connectivity index (χ3n) is 4.60. The van der Waals surface area contributed by atoms with E-state index < -0.39 is 0 Å². The lowest BCUT2D eigenvalue weighted by Gasteiger charge is -2.14. The molecule has 1 saturated heterocycles. The van der Waals surface area contributed by atoms with Crippen molar-refractivity contribution in [2.75, 3.05) is 19.0 Å². The van der Waals surface area contributed by atoms with Crippen LogP contribution in [0.1, 0.15) is 18.5 Å². The first-order valence-electron chi connectivity index (χ1n) is 9.00.